The first kappa shape index (κ1) is 84.2. The molecule has 18 nitrogen and oxygen atoms in total. The van der Waals surface area contributed by atoms with E-state index in [1.54, 1.807) is 93.6 Å². The number of halogens is 6. The number of ether oxygens (including phenoxy) is 3. The van der Waals surface area contributed by atoms with Crippen LogP contribution in [0, 0.1) is 51.5 Å². The summed E-state index contributed by atoms with van der Waals surface area (Å²) in [4.78, 5) is 107. The molecule has 6 N–H and O–H groups in total. The minimum atomic E-state index is -1.47. The number of aliphatic hydroxyl groups is 3. The van der Waals surface area contributed by atoms with E-state index in [1.807, 2.05) is 0 Å². The third kappa shape index (κ3) is 26.0. The number of carboxylic acids is 3. The summed E-state index contributed by atoms with van der Waals surface area (Å²) in [5, 5.41) is 58.5. The van der Waals surface area contributed by atoms with Gasteiger partial charge in [-0.2, -0.15) is 0 Å². The molecule has 6 rings (SSSR count). The molecule has 0 fully saturated rings. The molecule has 516 valence electrons. The van der Waals surface area contributed by atoms with Crippen LogP contribution in [-0.2, 0) is 76.6 Å². The predicted octanol–water partition coefficient (Wildman–Crippen LogP) is 12.5. The van der Waals surface area contributed by atoms with Crippen LogP contribution in [0.2, 0.25) is 15.1 Å². The second kappa shape index (κ2) is 40.1. The Morgan fingerprint density at radius 2 is 0.608 bits per heavy atom. The Kier molecular flexibility index (Phi) is 34.8. The van der Waals surface area contributed by atoms with Crippen molar-refractivity contribution in [3.8, 4) is 33.4 Å². The number of Topliss-reactive ketones (excluding diaryl/α,β-unsaturated/α-hetero) is 3. The number of esters is 3. The van der Waals surface area contributed by atoms with Crippen LogP contribution in [-0.4, -0.2) is 161 Å². The molecule has 0 spiro atoms. The summed E-state index contributed by atoms with van der Waals surface area (Å²) in [6.07, 6.45) is 0.147. The van der Waals surface area contributed by atoms with Gasteiger partial charge in [0, 0.05) is 51.0 Å². The summed E-state index contributed by atoms with van der Waals surface area (Å²) in [5.41, 5.74) is 0.757. The van der Waals surface area contributed by atoms with Gasteiger partial charge in [-0.3, -0.25) is 28.8 Å². The molecule has 0 radical (unpaired) electrons. The largest absolute Gasteiger partial charge is 2.00 e. The van der Waals surface area contributed by atoms with Crippen molar-refractivity contribution < 1.29 is 101 Å². The fraction of sp³-hybridized carbons (Fsp3) is 0.375. The monoisotopic (exact) mass is 1430 g/mol. The first-order chi connectivity index (χ1) is 45.3. The number of aliphatic carboxylic acids is 3. The van der Waals surface area contributed by atoms with E-state index in [0.29, 0.717) is 48.4 Å². The smallest absolute Gasteiger partial charge is 0.481 e. The molecule has 25 heteroatoms. The molecule has 6 aromatic carbocycles. The van der Waals surface area contributed by atoms with E-state index >= 15 is 0 Å². The van der Waals surface area contributed by atoms with Crippen LogP contribution in [0.1, 0.15) is 96.8 Å². The van der Waals surface area contributed by atoms with Gasteiger partial charge in [-0.05, 0) is 186 Å². The van der Waals surface area contributed by atoms with Crippen LogP contribution >= 0.6 is 34.8 Å². The summed E-state index contributed by atoms with van der Waals surface area (Å²) in [6.45, 7) is 7.26. The second-order valence-electron chi connectivity index (χ2n) is 23.9. The maximum Gasteiger partial charge on any atom is 2.00 e. The SMILES string of the molecule is CCOC(=O)C(=O)C[C@H](Cc1ccc(-c2cc(Cl)ccc2F)cc1)C[C@@](C)(CO)C(=O)O.CCOC(=O)C(=O)C[C@H](Cc1ccc(-c2cc(Cl)ccc2F)cc1)C[C@@](C)(CO)C(=O)O.CCOC(=O)C(=O)C[C@H](Cc1ccc(-c2cc(Cl)ccc2F)cc1)C[C@@](C)(CO)C(=O)O.[Ca+2]. The third-order valence-electron chi connectivity index (χ3n) is 15.9. The summed E-state index contributed by atoms with van der Waals surface area (Å²) < 4.78 is 56.6. The minimum absolute atomic E-state index is 0. The van der Waals surface area contributed by atoms with Gasteiger partial charge in [0.25, 0.3) is 0 Å². The molecular formula is C72H78CaCl3F3O18+2. The number of hydrogen-bond acceptors (Lipinski definition) is 15. The van der Waals surface area contributed by atoms with E-state index in [9.17, 15) is 87.0 Å². The van der Waals surface area contributed by atoms with Crippen molar-refractivity contribution in [2.24, 2.45) is 34.0 Å². The number of ketones is 3. The maximum absolute atomic E-state index is 14.1. The van der Waals surface area contributed by atoms with E-state index in [1.165, 1.54) is 75.4 Å². The van der Waals surface area contributed by atoms with Crippen molar-refractivity contribution in [1.82, 2.24) is 0 Å². The number of rotatable bonds is 33. The predicted molar refractivity (Wildman–Crippen MR) is 359 cm³/mol. The molecule has 0 saturated heterocycles. The van der Waals surface area contributed by atoms with Crippen LogP contribution in [0.15, 0.2) is 127 Å². The van der Waals surface area contributed by atoms with Gasteiger partial charge in [-0.15, -0.1) is 0 Å². The minimum Gasteiger partial charge on any atom is -0.481 e. The number of carbonyl (C=O) groups is 9. The van der Waals surface area contributed by atoms with Gasteiger partial charge in [-0.25, -0.2) is 27.6 Å². The van der Waals surface area contributed by atoms with Crippen LogP contribution in [0.3, 0.4) is 0 Å². The molecule has 6 aromatic rings. The summed E-state index contributed by atoms with van der Waals surface area (Å²) in [6, 6.07) is 33.5. The number of carbonyl (C=O) groups excluding carboxylic acids is 6. The Labute approximate surface area is 605 Å². The third-order valence-corrected chi connectivity index (χ3v) is 16.6. The zero-order valence-corrected chi connectivity index (χ0v) is 59.0. The van der Waals surface area contributed by atoms with Crippen molar-refractivity contribution in [3.63, 3.8) is 0 Å². The summed E-state index contributed by atoms with van der Waals surface area (Å²) >= 11 is 17.9. The molecule has 0 heterocycles. The van der Waals surface area contributed by atoms with Crippen molar-refractivity contribution >= 4 is 126 Å². The topological polar surface area (TPSA) is 303 Å². The van der Waals surface area contributed by atoms with Crippen LogP contribution in [0.5, 0.6) is 0 Å². The van der Waals surface area contributed by atoms with Crippen LogP contribution in [0.25, 0.3) is 33.4 Å². The average Bonchev–Trinajstić information content (AvgIpc) is 0.871. The van der Waals surface area contributed by atoms with Gasteiger partial charge in [0.05, 0.1) is 55.9 Å². The molecule has 0 saturated carbocycles. The van der Waals surface area contributed by atoms with Crippen LogP contribution in [0.4, 0.5) is 13.2 Å². The molecule has 97 heavy (non-hydrogen) atoms. The second-order valence-corrected chi connectivity index (χ2v) is 25.2. The Hall–Kier alpha value is -7.05. The quantitative estimate of drug-likeness (QED) is 0.00965. The molecule has 0 aliphatic rings. The number of hydrogen-bond donors (Lipinski definition) is 6. The Morgan fingerprint density at radius 3 is 0.794 bits per heavy atom. The average molecular weight is 1430 g/mol. The molecular weight excluding hydrogens is 1360 g/mol. The fourth-order valence-corrected chi connectivity index (χ4v) is 11.0. The van der Waals surface area contributed by atoms with E-state index in [-0.39, 0.29) is 115 Å². The first-order valence-electron chi connectivity index (χ1n) is 30.5. The van der Waals surface area contributed by atoms with Crippen molar-refractivity contribution in [3.05, 3.63) is 177 Å². The first-order valence-corrected chi connectivity index (χ1v) is 31.7. The van der Waals surface area contributed by atoms with Crippen molar-refractivity contribution in [1.29, 1.82) is 0 Å². The van der Waals surface area contributed by atoms with Gasteiger partial charge in [-0.1, -0.05) is 108 Å². The Bertz CT molecular complexity index is 3310. The van der Waals surface area contributed by atoms with Gasteiger partial charge in [0.1, 0.15) is 17.5 Å². The van der Waals surface area contributed by atoms with E-state index < -0.39 is 124 Å². The summed E-state index contributed by atoms with van der Waals surface area (Å²) in [5.74, 6) is -11.6. The van der Waals surface area contributed by atoms with Gasteiger partial charge >= 0.3 is 73.6 Å². The zero-order valence-electron chi connectivity index (χ0n) is 54.5. The van der Waals surface area contributed by atoms with Crippen LogP contribution < -0.4 is 0 Å². The van der Waals surface area contributed by atoms with Crippen molar-refractivity contribution in [2.45, 2.75) is 99.3 Å². The van der Waals surface area contributed by atoms with Crippen molar-refractivity contribution in [2.75, 3.05) is 39.6 Å². The van der Waals surface area contributed by atoms with E-state index in [0.717, 1.165) is 16.7 Å². The maximum atomic E-state index is 14.1. The summed E-state index contributed by atoms with van der Waals surface area (Å²) in [7, 11) is 0. The number of carboxylic acid groups (broad SMARTS) is 3. The van der Waals surface area contributed by atoms with E-state index in [2.05, 4.69) is 0 Å². The van der Waals surface area contributed by atoms with E-state index in [4.69, 9.17) is 49.0 Å². The normalized spacial score (nSPS) is 13.6. The standard InChI is InChI=1S/3C24H26ClFO6.Ca/c3*1-3-32-22(29)21(28)11-16(13-24(2,14-27)23(30)31)10-15-4-6-17(7-5-15)19-12-18(25)8-9-20(19)26;/h3*4-9,12,16,27H,3,10-11,13-14H2,1-2H3,(H,30,31);/q;;;+2/t3*16-,24-;/m000./s1. The molecule has 0 aromatic heterocycles. The Morgan fingerprint density at radius 1 is 0.392 bits per heavy atom. The molecule has 0 unspecified atom stereocenters. The van der Waals surface area contributed by atoms with Gasteiger partial charge in [0.15, 0.2) is 0 Å². The van der Waals surface area contributed by atoms with Gasteiger partial charge < -0.3 is 44.8 Å². The van der Waals surface area contributed by atoms with Gasteiger partial charge in [0.2, 0.25) is 17.3 Å². The fourth-order valence-electron chi connectivity index (χ4n) is 10.5. The Balaban J connectivity index is 0.000000377. The molecule has 0 amide bonds. The molecule has 0 aliphatic heterocycles. The zero-order chi connectivity index (χ0) is 71.7. The molecule has 6 atom stereocenters. The molecule has 0 bridgehead atoms. The number of aliphatic hydroxyl groups excluding tert-OH is 3. The number of benzene rings is 6. The molecule has 0 aliphatic carbocycles.